The number of rotatable bonds is 6. The van der Waals surface area contributed by atoms with E-state index in [9.17, 15) is 14.0 Å². The Morgan fingerprint density at radius 1 is 1.17 bits per heavy atom. The van der Waals surface area contributed by atoms with Crippen LogP contribution in [0.4, 0.5) is 10.1 Å². The van der Waals surface area contributed by atoms with Crippen molar-refractivity contribution in [3.8, 4) is 0 Å². The molecule has 2 aromatic rings. The Bertz CT molecular complexity index is 736. The van der Waals surface area contributed by atoms with E-state index in [-0.39, 0.29) is 24.8 Å². The summed E-state index contributed by atoms with van der Waals surface area (Å²) >= 11 is 6.03. The molecular formula is C18H18ClFN2O2. The zero-order chi connectivity index (χ0) is 17.5. The normalized spacial score (nSPS) is 10.3. The van der Waals surface area contributed by atoms with Gasteiger partial charge in [-0.25, -0.2) is 4.39 Å². The van der Waals surface area contributed by atoms with E-state index in [0.29, 0.717) is 17.3 Å². The largest absolute Gasteiger partial charge is 0.352 e. The Labute approximate surface area is 145 Å². The topological polar surface area (TPSA) is 49.4 Å². The summed E-state index contributed by atoms with van der Waals surface area (Å²) in [5.41, 5.74) is 1.25. The maximum Gasteiger partial charge on any atom is 0.223 e. The Balaban J connectivity index is 1.91. The van der Waals surface area contributed by atoms with Crippen molar-refractivity contribution in [2.45, 2.75) is 19.9 Å². The summed E-state index contributed by atoms with van der Waals surface area (Å²) in [6.45, 7) is 1.87. The van der Waals surface area contributed by atoms with Crippen LogP contribution in [0.5, 0.6) is 0 Å². The number of anilines is 1. The highest BCUT2D eigenvalue weighted by Gasteiger charge is 2.14. The van der Waals surface area contributed by atoms with Crippen molar-refractivity contribution >= 4 is 29.1 Å². The molecule has 0 aliphatic heterocycles. The van der Waals surface area contributed by atoms with Gasteiger partial charge < -0.3 is 10.2 Å². The van der Waals surface area contributed by atoms with Gasteiger partial charge in [0.2, 0.25) is 11.8 Å². The Morgan fingerprint density at radius 3 is 2.58 bits per heavy atom. The first-order valence-corrected chi connectivity index (χ1v) is 7.89. The SMILES string of the molecule is CC(=O)N(CCC(=O)NCc1ccccc1Cl)c1cccc(F)c1. The van der Waals surface area contributed by atoms with E-state index in [1.54, 1.807) is 12.1 Å². The van der Waals surface area contributed by atoms with Crippen molar-refractivity contribution in [1.82, 2.24) is 5.32 Å². The fourth-order valence-corrected chi connectivity index (χ4v) is 2.45. The molecule has 0 heterocycles. The third-order valence-electron chi connectivity index (χ3n) is 3.50. The number of hydrogen-bond acceptors (Lipinski definition) is 2. The van der Waals surface area contributed by atoms with Gasteiger partial charge in [-0.1, -0.05) is 35.9 Å². The Morgan fingerprint density at radius 2 is 1.92 bits per heavy atom. The molecule has 4 nitrogen and oxygen atoms in total. The molecule has 6 heteroatoms. The number of hydrogen-bond donors (Lipinski definition) is 1. The van der Waals surface area contributed by atoms with Crippen molar-refractivity contribution in [3.05, 3.63) is 64.9 Å². The van der Waals surface area contributed by atoms with Gasteiger partial charge in [0.15, 0.2) is 0 Å². The monoisotopic (exact) mass is 348 g/mol. The predicted octanol–water partition coefficient (Wildman–Crippen LogP) is 3.54. The molecule has 0 aromatic heterocycles. The van der Waals surface area contributed by atoms with E-state index in [1.807, 2.05) is 18.2 Å². The first kappa shape index (κ1) is 17.9. The van der Waals surface area contributed by atoms with Crippen LogP contribution in [0.3, 0.4) is 0 Å². The highest BCUT2D eigenvalue weighted by atomic mass is 35.5. The van der Waals surface area contributed by atoms with Crippen LogP contribution >= 0.6 is 11.6 Å². The fraction of sp³-hybridized carbons (Fsp3) is 0.222. The van der Waals surface area contributed by atoms with Gasteiger partial charge in [-0.2, -0.15) is 0 Å². The van der Waals surface area contributed by atoms with Crippen LogP contribution in [0, 0.1) is 5.82 Å². The quantitative estimate of drug-likeness (QED) is 0.868. The summed E-state index contributed by atoms with van der Waals surface area (Å²) in [4.78, 5) is 25.1. The molecule has 0 atom stereocenters. The minimum absolute atomic E-state index is 0.112. The fourth-order valence-electron chi connectivity index (χ4n) is 2.25. The van der Waals surface area contributed by atoms with Crippen LogP contribution in [0.15, 0.2) is 48.5 Å². The molecule has 0 saturated heterocycles. The predicted molar refractivity (Wildman–Crippen MR) is 92.3 cm³/mol. The molecule has 126 valence electrons. The van der Waals surface area contributed by atoms with Crippen molar-refractivity contribution in [2.24, 2.45) is 0 Å². The molecule has 2 amide bonds. The van der Waals surface area contributed by atoms with Gasteiger partial charge in [-0.3, -0.25) is 9.59 Å². The van der Waals surface area contributed by atoms with Gasteiger partial charge in [-0.15, -0.1) is 0 Å². The third kappa shape index (κ3) is 5.06. The maximum absolute atomic E-state index is 13.3. The molecule has 2 aromatic carbocycles. The molecule has 0 aliphatic carbocycles. The molecule has 0 bridgehead atoms. The first-order valence-electron chi connectivity index (χ1n) is 7.51. The lowest BCUT2D eigenvalue weighted by Gasteiger charge is -2.21. The van der Waals surface area contributed by atoms with E-state index in [4.69, 9.17) is 11.6 Å². The number of halogens is 2. The number of amides is 2. The molecule has 0 fully saturated rings. The lowest BCUT2D eigenvalue weighted by molar-refractivity contribution is -0.121. The van der Waals surface area contributed by atoms with Gasteiger partial charge in [0, 0.05) is 37.1 Å². The summed E-state index contributed by atoms with van der Waals surface area (Å²) in [6, 6.07) is 13.0. The molecular weight excluding hydrogens is 331 g/mol. The second kappa shape index (κ2) is 8.45. The van der Waals surface area contributed by atoms with Crippen molar-refractivity contribution in [2.75, 3.05) is 11.4 Å². The van der Waals surface area contributed by atoms with Crippen LogP contribution < -0.4 is 10.2 Å². The average Bonchev–Trinajstić information content (AvgIpc) is 2.54. The number of carbonyl (C=O) groups is 2. The number of benzene rings is 2. The molecule has 0 saturated carbocycles. The lowest BCUT2D eigenvalue weighted by Crippen LogP contribution is -2.33. The second-order valence-corrected chi connectivity index (χ2v) is 5.68. The second-order valence-electron chi connectivity index (χ2n) is 5.27. The smallest absolute Gasteiger partial charge is 0.223 e. The minimum Gasteiger partial charge on any atom is -0.352 e. The van der Waals surface area contributed by atoms with Crippen molar-refractivity contribution in [1.29, 1.82) is 0 Å². The van der Waals surface area contributed by atoms with Crippen LogP contribution in [0.1, 0.15) is 18.9 Å². The summed E-state index contributed by atoms with van der Waals surface area (Å²) in [7, 11) is 0. The molecule has 1 N–H and O–H groups in total. The van der Waals surface area contributed by atoms with E-state index >= 15 is 0 Å². The first-order chi connectivity index (χ1) is 11.5. The summed E-state index contributed by atoms with van der Waals surface area (Å²) < 4.78 is 13.3. The van der Waals surface area contributed by atoms with Gasteiger partial charge in [0.05, 0.1) is 0 Å². The van der Waals surface area contributed by atoms with Crippen molar-refractivity contribution in [3.63, 3.8) is 0 Å². The molecule has 2 rings (SSSR count). The highest BCUT2D eigenvalue weighted by Crippen LogP contribution is 2.17. The van der Waals surface area contributed by atoms with Crippen molar-refractivity contribution < 1.29 is 14.0 Å². The summed E-state index contributed by atoms with van der Waals surface area (Å²) in [6.07, 6.45) is 0.112. The van der Waals surface area contributed by atoms with Crippen LogP contribution in [-0.4, -0.2) is 18.4 Å². The van der Waals surface area contributed by atoms with Crippen LogP contribution in [-0.2, 0) is 16.1 Å². The van der Waals surface area contributed by atoms with E-state index in [2.05, 4.69) is 5.32 Å². The molecule has 0 spiro atoms. The van der Waals surface area contributed by atoms with E-state index < -0.39 is 5.82 Å². The zero-order valence-electron chi connectivity index (χ0n) is 13.3. The van der Waals surface area contributed by atoms with Gasteiger partial charge in [0.1, 0.15) is 5.82 Å². The van der Waals surface area contributed by atoms with Gasteiger partial charge in [-0.05, 0) is 29.8 Å². The standard InChI is InChI=1S/C18H18ClFN2O2/c1-13(23)22(16-7-4-6-15(20)11-16)10-9-18(24)21-12-14-5-2-3-8-17(14)19/h2-8,11H,9-10,12H2,1H3,(H,21,24). The average molecular weight is 349 g/mol. The lowest BCUT2D eigenvalue weighted by atomic mass is 10.2. The highest BCUT2D eigenvalue weighted by molar-refractivity contribution is 6.31. The minimum atomic E-state index is -0.429. The number of nitrogens with one attached hydrogen (secondary N) is 1. The summed E-state index contributed by atoms with van der Waals surface area (Å²) in [5.74, 6) is -0.890. The third-order valence-corrected chi connectivity index (χ3v) is 3.87. The summed E-state index contributed by atoms with van der Waals surface area (Å²) in [5, 5.41) is 3.35. The van der Waals surface area contributed by atoms with Crippen LogP contribution in [0.25, 0.3) is 0 Å². The zero-order valence-corrected chi connectivity index (χ0v) is 14.0. The Hall–Kier alpha value is -2.40. The van der Waals surface area contributed by atoms with E-state index in [0.717, 1.165) is 5.56 Å². The molecule has 0 unspecified atom stereocenters. The number of nitrogens with zero attached hydrogens (tertiary/aromatic N) is 1. The van der Waals surface area contributed by atoms with Gasteiger partial charge in [0.25, 0.3) is 0 Å². The molecule has 0 aliphatic rings. The number of carbonyl (C=O) groups excluding carboxylic acids is 2. The van der Waals surface area contributed by atoms with E-state index in [1.165, 1.54) is 30.0 Å². The molecule has 24 heavy (non-hydrogen) atoms. The van der Waals surface area contributed by atoms with Gasteiger partial charge >= 0.3 is 0 Å². The Kier molecular flexibility index (Phi) is 6.32. The van der Waals surface area contributed by atoms with Crippen LogP contribution in [0.2, 0.25) is 5.02 Å². The maximum atomic E-state index is 13.3. The molecule has 0 radical (unpaired) electrons.